The summed E-state index contributed by atoms with van der Waals surface area (Å²) >= 11 is 0. The van der Waals surface area contributed by atoms with E-state index in [1.807, 2.05) is 0 Å². The van der Waals surface area contributed by atoms with Crippen LogP contribution >= 0.6 is 0 Å². The summed E-state index contributed by atoms with van der Waals surface area (Å²) in [4.78, 5) is 30.0. The van der Waals surface area contributed by atoms with Gasteiger partial charge in [-0.2, -0.15) is 0 Å². The van der Waals surface area contributed by atoms with Gasteiger partial charge >= 0.3 is 0 Å². The Balaban J connectivity index is 1.80. The number of methoxy groups -OCH3 is 2. The number of hydrogen-bond acceptors (Lipinski definition) is 7. The molecule has 0 aliphatic heterocycles. The number of phenols is 1. The van der Waals surface area contributed by atoms with Gasteiger partial charge in [0.1, 0.15) is 17.2 Å². The lowest BCUT2D eigenvalue weighted by Crippen LogP contribution is -2.22. The number of carbonyl (C=O) groups excluding carboxylic acids is 2. The van der Waals surface area contributed by atoms with Crippen molar-refractivity contribution in [1.29, 1.82) is 0 Å². The topological polar surface area (TPSA) is 97.8 Å². The summed E-state index contributed by atoms with van der Waals surface area (Å²) in [5.41, 5.74) is 1.29. The average molecular weight is 376 g/mol. The van der Waals surface area contributed by atoms with Gasteiger partial charge in [-0.1, -0.05) is 6.07 Å². The van der Waals surface area contributed by atoms with Crippen LogP contribution in [0, 0.1) is 0 Å². The number of pyridine rings is 1. The van der Waals surface area contributed by atoms with Crippen molar-refractivity contribution in [2.24, 2.45) is 0 Å². The molecule has 4 rings (SSSR count). The molecule has 28 heavy (non-hydrogen) atoms. The van der Waals surface area contributed by atoms with Crippen LogP contribution in [0.2, 0.25) is 0 Å². The van der Waals surface area contributed by atoms with E-state index in [0.29, 0.717) is 22.7 Å². The molecule has 1 aliphatic rings. The molecule has 3 aromatic rings. The second kappa shape index (κ2) is 6.70. The van der Waals surface area contributed by atoms with Gasteiger partial charge in [-0.15, -0.1) is 0 Å². The predicted octanol–water partition coefficient (Wildman–Crippen LogP) is 3.33. The number of aromatic hydroxyl groups is 1. The van der Waals surface area contributed by atoms with Crippen molar-refractivity contribution >= 4 is 28.2 Å². The molecule has 1 aliphatic carbocycles. The first-order valence-corrected chi connectivity index (χ1v) is 8.44. The molecule has 0 atom stereocenters. The van der Waals surface area contributed by atoms with E-state index in [2.05, 4.69) is 10.3 Å². The molecule has 0 fully saturated rings. The molecule has 0 spiro atoms. The van der Waals surface area contributed by atoms with Crippen molar-refractivity contribution in [1.82, 2.24) is 4.98 Å². The van der Waals surface area contributed by atoms with Gasteiger partial charge in [-0.3, -0.25) is 14.6 Å². The molecule has 0 bridgehead atoms. The summed E-state index contributed by atoms with van der Waals surface area (Å²) in [7, 11) is 3.03. The second-order valence-corrected chi connectivity index (χ2v) is 6.16. The molecule has 1 aromatic heterocycles. The van der Waals surface area contributed by atoms with E-state index in [0.717, 1.165) is 0 Å². The van der Waals surface area contributed by atoms with Crippen molar-refractivity contribution in [3.05, 3.63) is 65.5 Å². The van der Waals surface area contributed by atoms with Gasteiger partial charge in [0.2, 0.25) is 5.78 Å². The number of nitrogens with one attached hydrogen (secondary N) is 1. The summed E-state index contributed by atoms with van der Waals surface area (Å²) in [6.45, 7) is 0. The first kappa shape index (κ1) is 17.5. The predicted molar refractivity (Wildman–Crippen MR) is 103 cm³/mol. The van der Waals surface area contributed by atoms with Crippen LogP contribution in [-0.4, -0.2) is 35.9 Å². The summed E-state index contributed by atoms with van der Waals surface area (Å²) in [6, 6.07) is 9.84. The number of anilines is 1. The highest BCUT2D eigenvalue weighted by molar-refractivity contribution is 6.29. The lowest BCUT2D eigenvalue weighted by molar-refractivity contribution is 0.0986. The van der Waals surface area contributed by atoms with Crippen LogP contribution in [0.3, 0.4) is 0 Å². The first-order valence-electron chi connectivity index (χ1n) is 8.44. The number of benzene rings is 2. The minimum absolute atomic E-state index is 0.0839. The van der Waals surface area contributed by atoms with E-state index in [9.17, 15) is 14.7 Å². The maximum Gasteiger partial charge on any atom is 0.211 e. The lowest BCUT2D eigenvalue weighted by atomic mass is 9.90. The summed E-state index contributed by atoms with van der Waals surface area (Å²) < 4.78 is 10.5. The minimum Gasteiger partial charge on any atom is -0.507 e. The standard InChI is InChI=1S/C21H16N2O5/c1-27-11-6-7-18(28-2)14(8-11)23-15-9-17(25)19-12(21(15)26)10-22-13-4-3-5-16(24)20(13)19/h3-10,23-24H,1-2H3. The molecule has 2 aromatic carbocycles. The third kappa shape index (κ3) is 2.73. The lowest BCUT2D eigenvalue weighted by Gasteiger charge is -2.19. The zero-order valence-corrected chi connectivity index (χ0v) is 15.1. The highest BCUT2D eigenvalue weighted by Gasteiger charge is 2.29. The Labute approximate surface area is 160 Å². The van der Waals surface area contributed by atoms with Gasteiger partial charge < -0.3 is 19.9 Å². The average Bonchev–Trinajstić information content (AvgIpc) is 2.71. The van der Waals surface area contributed by atoms with Crippen LogP contribution in [-0.2, 0) is 0 Å². The van der Waals surface area contributed by atoms with Crippen LogP contribution in [0.25, 0.3) is 10.9 Å². The molecule has 7 heteroatoms. The quantitative estimate of drug-likeness (QED) is 0.721. The molecule has 0 saturated heterocycles. The number of ether oxygens (including phenoxy) is 2. The Morgan fingerprint density at radius 3 is 2.64 bits per heavy atom. The molecular formula is C21H16N2O5. The van der Waals surface area contributed by atoms with Crippen LogP contribution in [0.5, 0.6) is 17.2 Å². The zero-order valence-electron chi connectivity index (χ0n) is 15.1. The van der Waals surface area contributed by atoms with E-state index in [1.165, 1.54) is 32.6 Å². The number of fused-ring (bicyclic) bond motifs is 3. The Kier molecular flexibility index (Phi) is 4.19. The van der Waals surface area contributed by atoms with Crippen LogP contribution in [0.15, 0.2) is 54.4 Å². The van der Waals surface area contributed by atoms with Gasteiger partial charge in [0.25, 0.3) is 0 Å². The third-order valence-corrected chi connectivity index (χ3v) is 4.56. The molecule has 0 amide bonds. The Bertz CT molecular complexity index is 1170. The Hall–Kier alpha value is -3.87. The van der Waals surface area contributed by atoms with E-state index >= 15 is 0 Å². The number of rotatable bonds is 4. The van der Waals surface area contributed by atoms with E-state index in [-0.39, 0.29) is 28.0 Å². The zero-order chi connectivity index (χ0) is 19.8. The summed E-state index contributed by atoms with van der Waals surface area (Å²) in [5.74, 6) is 0.158. The van der Waals surface area contributed by atoms with E-state index in [1.54, 1.807) is 30.3 Å². The fourth-order valence-electron chi connectivity index (χ4n) is 3.22. The van der Waals surface area contributed by atoms with E-state index < -0.39 is 11.6 Å². The smallest absolute Gasteiger partial charge is 0.211 e. The van der Waals surface area contributed by atoms with Gasteiger partial charge in [0, 0.05) is 23.9 Å². The number of nitrogens with zero attached hydrogens (tertiary/aromatic N) is 1. The van der Waals surface area contributed by atoms with Gasteiger partial charge in [-0.05, 0) is 24.3 Å². The molecule has 0 radical (unpaired) electrons. The molecule has 1 heterocycles. The highest BCUT2D eigenvalue weighted by Crippen LogP contribution is 2.35. The van der Waals surface area contributed by atoms with Gasteiger partial charge in [0.05, 0.1) is 42.1 Å². The first-order chi connectivity index (χ1) is 13.5. The fraction of sp³-hybridized carbons (Fsp3) is 0.0952. The Morgan fingerprint density at radius 2 is 1.89 bits per heavy atom. The maximum atomic E-state index is 13.0. The van der Waals surface area contributed by atoms with Crippen molar-refractivity contribution in [2.45, 2.75) is 0 Å². The molecule has 0 unspecified atom stereocenters. The second-order valence-electron chi connectivity index (χ2n) is 6.16. The van der Waals surface area contributed by atoms with Gasteiger partial charge in [0.15, 0.2) is 5.78 Å². The summed E-state index contributed by atoms with van der Waals surface area (Å²) in [5, 5.41) is 13.4. The molecule has 140 valence electrons. The van der Waals surface area contributed by atoms with Crippen LogP contribution < -0.4 is 14.8 Å². The molecular weight excluding hydrogens is 360 g/mol. The SMILES string of the molecule is COc1ccc(OC)c(NC2=CC(=O)c3c(cnc4cccc(O)c34)C2=O)c1. The third-order valence-electron chi connectivity index (χ3n) is 4.56. The van der Waals surface area contributed by atoms with Crippen molar-refractivity contribution < 1.29 is 24.2 Å². The van der Waals surface area contributed by atoms with Crippen molar-refractivity contribution in [3.8, 4) is 17.2 Å². The van der Waals surface area contributed by atoms with Crippen LogP contribution in [0.4, 0.5) is 5.69 Å². The fourth-order valence-corrected chi connectivity index (χ4v) is 3.22. The highest BCUT2D eigenvalue weighted by atomic mass is 16.5. The maximum absolute atomic E-state index is 13.0. The molecule has 7 nitrogen and oxygen atoms in total. The largest absolute Gasteiger partial charge is 0.507 e. The van der Waals surface area contributed by atoms with Crippen molar-refractivity contribution in [2.75, 3.05) is 19.5 Å². The molecule has 0 saturated carbocycles. The number of allylic oxidation sites excluding steroid dienone is 2. The number of ketones is 2. The monoisotopic (exact) mass is 376 g/mol. The summed E-state index contributed by atoms with van der Waals surface area (Å²) in [6.07, 6.45) is 2.57. The number of phenolic OH excluding ortho intramolecular Hbond substituents is 1. The number of aromatic nitrogens is 1. The Morgan fingerprint density at radius 1 is 1.07 bits per heavy atom. The minimum atomic E-state index is -0.405. The van der Waals surface area contributed by atoms with Gasteiger partial charge in [-0.25, -0.2) is 0 Å². The number of hydrogen-bond donors (Lipinski definition) is 2. The van der Waals surface area contributed by atoms with Crippen LogP contribution in [0.1, 0.15) is 20.7 Å². The van der Waals surface area contributed by atoms with E-state index in [4.69, 9.17) is 9.47 Å². The number of Topliss-reactive ketones (excluding diaryl/α,β-unsaturated/α-hetero) is 1. The van der Waals surface area contributed by atoms with Crippen molar-refractivity contribution in [3.63, 3.8) is 0 Å². The number of carbonyl (C=O) groups is 2. The normalized spacial score (nSPS) is 13.1. The molecule has 2 N–H and O–H groups in total.